The highest BCUT2D eigenvalue weighted by Crippen LogP contribution is 2.02. The highest BCUT2D eigenvalue weighted by Gasteiger charge is 2.08. The maximum Gasteiger partial charge on any atom is 0.270 e. The van der Waals surface area contributed by atoms with E-state index in [1.165, 1.54) is 0 Å². The molecule has 2 aromatic rings. The van der Waals surface area contributed by atoms with Gasteiger partial charge in [0.05, 0.1) is 0 Å². The second-order valence-corrected chi connectivity index (χ2v) is 4.11. The first-order valence-corrected chi connectivity index (χ1v) is 5.79. The molecule has 1 N–H and O–H groups in total. The number of amides is 1. The van der Waals surface area contributed by atoms with Crippen LogP contribution >= 0.6 is 0 Å². The number of nitrogens with zero attached hydrogens (tertiary/aromatic N) is 2. The molecule has 0 atom stereocenters. The Hall–Kier alpha value is -2.23. The molecule has 0 saturated carbocycles. The van der Waals surface area contributed by atoms with Crippen molar-refractivity contribution in [2.75, 3.05) is 0 Å². The van der Waals surface area contributed by atoms with Crippen LogP contribution in [0.4, 0.5) is 0 Å². The predicted molar refractivity (Wildman–Crippen MR) is 69.1 cm³/mol. The molecule has 1 amide bonds. The Morgan fingerprint density at radius 3 is 2.56 bits per heavy atom. The van der Waals surface area contributed by atoms with Gasteiger partial charge in [-0.1, -0.05) is 30.3 Å². The maximum atomic E-state index is 11.9. The third kappa shape index (κ3) is 3.13. The molecule has 0 fully saturated rings. The van der Waals surface area contributed by atoms with Crippen molar-refractivity contribution < 1.29 is 4.79 Å². The Labute approximate surface area is 106 Å². The summed E-state index contributed by atoms with van der Waals surface area (Å²) in [5, 5.41) is 2.84. The van der Waals surface area contributed by atoms with Crippen molar-refractivity contribution in [3.05, 3.63) is 59.2 Å². The van der Waals surface area contributed by atoms with Crippen LogP contribution in [0.15, 0.2) is 36.4 Å². The zero-order chi connectivity index (χ0) is 13.0. The average molecular weight is 241 g/mol. The molecule has 18 heavy (non-hydrogen) atoms. The van der Waals surface area contributed by atoms with E-state index >= 15 is 0 Å². The quantitative estimate of drug-likeness (QED) is 0.894. The number of hydrogen-bond acceptors (Lipinski definition) is 3. The van der Waals surface area contributed by atoms with Crippen LogP contribution in [0.25, 0.3) is 0 Å². The van der Waals surface area contributed by atoms with E-state index in [4.69, 9.17) is 0 Å². The van der Waals surface area contributed by atoms with Crippen LogP contribution in [-0.2, 0) is 6.54 Å². The lowest BCUT2D eigenvalue weighted by atomic mass is 10.2. The Bertz CT molecular complexity index is 532. The van der Waals surface area contributed by atoms with Crippen molar-refractivity contribution in [3.63, 3.8) is 0 Å². The van der Waals surface area contributed by atoms with E-state index in [0.717, 1.165) is 11.3 Å². The van der Waals surface area contributed by atoms with Crippen molar-refractivity contribution in [1.82, 2.24) is 15.3 Å². The van der Waals surface area contributed by atoms with Gasteiger partial charge in [0.1, 0.15) is 11.5 Å². The Morgan fingerprint density at radius 2 is 1.89 bits per heavy atom. The number of benzene rings is 1. The van der Waals surface area contributed by atoms with Gasteiger partial charge in [0, 0.05) is 12.2 Å². The normalized spacial score (nSPS) is 10.1. The lowest BCUT2D eigenvalue weighted by Gasteiger charge is -2.06. The molecule has 0 bridgehead atoms. The van der Waals surface area contributed by atoms with Crippen LogP contribution < -0.4 is 5.32 Å². The number of carbonyl (C=O) groups is 1. The molecule has 1 aromatic heterocycles. The number of aromatic nitrogens is 2. The topological polar surface area (TPSA) is 54.9 Å². The van der Waals surface area contributed by atoms with Crippen LogP contribution in [0.1, 0.15) is 27.6 Å². The molecule has 1 heterocycles. The SMILES string of the molecule is Cc1cc(C(=O)NCc2ccccc2)nc(C)n1. The van der Waals surface area contributed by atoms with Crippen LogP contribution in [0, 0.1) is 13.8 Å². The van der Waals surface area contributed by atoms with Crippen molar-refractivity contribution >= 4 is 5.91 Å². The molecule has 1 aromatic carbocycles. The molecular weight excluding hydrogens is 226 g/mol. The summed E-state index contributed by atoms with van der Waals surface area (Å²) in [6.45, 7) is 4.13. The lowest BCUT2D eigenvalue weighted by Crippen LogP contribution is -2.24. The fourth-order valence-electron chi connectivity index (χ4n) is 1.70. The summed E-state index contributed by atoms with van der Waals surface area (Å²) < 4.78 is 0. The first-order chi connectivity index (χ1) is 8.65. The standard InChI is InChI=1S/C14H15N3O/c1-10-8-13(17-11(2)16-10)14(18)15-9-12-6-4-3-5-7-12/h3-8H,9H2,1-2H3,(H,15,18). The zero-order valence-corrected chi connectivity index (χ0v) is 10.5. The summed E-state index contributed by atoms with van der Waals surface area (Å²) in [5.74, 6) is 0.437. The monoisotopic (exact) mass is 241 g/mol. The highest BCUT2D eigenvalue weighted by molar-refractivity contribution is 5.92. The van der Waals surface area contributed by atoms with Gasteiger partial charge < -0.3 is 5.32 Å². The van der Waals surface area contributed by atoms with E-state index in [-0.39, 0.29) is 5.91 Å². The third-order valence-electron chi connectivity index (χ3n) is 2.49. The van der Waals surface area contributed by atoms with Gasteiger partial charge in [0.2, 0.25) is 0 Å². The minimum Gasteiger partial charge on any atom is -0.347 e. The first-order valence-electron chi connectivity index (χ1n) is 5.79. The molecule has 0 saturated heterocycles. The lowest BCUT2D eigenvalue weighted by molar-refractivity contribution is 0.0945. The molecule has 2 rings (SSSR count). The van der Waals surface area contributed by atoms with E-state index in [2.05, 4.69) is 15.3 Å². The molecule has 92 valence electrons. The Balaban J connectivity index is 2.04. The van der Waals surface area contributed by atoms with E-state index in [0.29, 0.717) is 18.1 Å². The zero-order valence-electron chi connectivity index (χ0n) is 10.5. The number of hydrogen-bond donors (Lipinski definition) is 1. The van der Waals surface area contributed by atoms with E-state index in [1.54, 1.807) is 13.0 Å². The van der Waals surface area contributed by atoms with Crippen molar-refractivity contribution in [2.45, 2.75) is 20.4 Å². The second kappa shape index (κ2) is 5.40. The first kappa shape index (κ1) is 12.2. The third-order valence-corrected chi connectivity index (χ3v) is 2.49. The molecule has 4 heteroatoms. The number of carbonyl (C=O) groups excluding carboxylic acids is 1. The molecular formula is C14H15N3O. The fraction of sp³-hybridized carbons (Fsp3) is 0.214. The van der Waals surface area contributed by atoms with E-state index < -0.39 is 0 Å². The van der Waals surface area contributed by atoms with Crippen LogP contribution in [0.5, 0.6) is 0 Å². The summed E-state index contributed by atoms with van der Waals surface area (Å²) >= 11 is 0. The summed E-state index contributed by atoms with van der Waals surface area (Å²) in [4.78, 5) is 20.2. The number of aryl methyl sites for hydroxylation is 2. The molecule has 0 aliphatic rings. The molecule has 0 aliphatic heterocycles. The minimum atomic E-state index is -0.174. The van der Waals surface area contributed by atoms with Gasteiger partial charge in [-0.2, -0.15) is 0 Å². The van der Waals surface area contributed by atoms with Gasteiger partial charge in [-0.05, 0) is 25.5 Å². The highest BCUT2D eigenvalue weighted by atomic mass is 16.1. The van der Waals surface area contributed by atoms with E-state index in [9.17, 15) is 4.79 Å². The van der Waals surface area contributed by atoms with Gasteiger partial charge in [-0.3, -0.25) is 4.79 Å². The van der Waals surface area contributed by atoms with Gasteiger partial charge in [-0.25, -0.2) is 9.97 Å². The molecule has 0 unspecified atom stereocenters. The van der Waals surface area contributed by atoms with Crippen molar-refractivity contribution in [3.8, 4) is 0 Å². The average Bonchev–Trinajstić information content (AvgIpc) is 2.36. The summed E-state index contributed by atoms with van der Waals surface area (Å²) in [7, 11) is 0. The predicted octanol–water partition coefficient (Wildman–Crippen LogP) is 2.02. The number of nitrogens with one attached hydrogen (secondary N) is 1. The smallest absolute Gasteiger partial charge is 0.270 e. The molecule has 0 spiro atoms. The fourth-order valence-corrected chi connectivity index (χ4v) is 1.70. The van der Waals surface area contributed by atoms with Crippen molar-refractivity contribution in [1.29, 1.82) is 0 Å². The molecule has 4 nitrogen and oxygen atoms in total. The van der Waals surface area contributed by atoms with Gasteiger partial charge in [-0.15, -0.1) is 0 Å². The Kier molecular flexibility index (Phi) is 3.67. The van der Waals surface area contributed by atoms with Crippen LogP contribution in [0.2, 0.25) is 0 Å². The van der Waals surface area contributed by atoms with Crippen LogP contribution in [-0.4, -0.2) is 15.9 Å². The minimum absolute atomic E-state index is 0.174. The van der Waals surface area contributed by atoms with Gasteiger partial charge in [0.15, 0.2) is 0 Å². The van der Waals surface area contributed by atoms with Gasteiger partial charge in [0.25, 0.3) is 5.91 Å². The summed E-state index contributed by atoms with van der Waals surface area (Å²) in [5.41, 5.74) is 2.27. The van der Waals surface area contributed by atoms with Crippen LogP contribution in [0.3, 0.4) is 0 Å². The summed E-state index contributed by atoms with van der Waals surface area (Å²) in [6.07, 6.45) is 0. The second-order valence-electron chi connectivity index (χ2n) is 4.11. The molecule has 0 radical (unpaired) electrons. The van der Waals surface area contributed by atoms with Crippen molar-refractivity contribution in [2.24, 2.45) is 0 Å². The maximum absolute atomic E-state index is 11.9. The van der Waals surface area contributed by atoms with E-state index in [1.807, 2.05) is 37.3 Å². The summed E-state index contributed by atoms with van der Waals surface area (Å²) in [6, 6.07) is 11.5. The molecule has 0 aliphatic carbocycles. The van der Waals surface area contributed by atoms with Gasteiger partial charge >= 0.3 is 0 Å². The largest absolute Gasteiger partial charge is 0.347 e. The Morgan fingerprint density at radius 1 is 1.17 bits per heavy atom. The number of rotatable bonds is 3.